The van der Waals surface area contributed by atoms with E-state index in [1.165, 1.54) is 28.7 Å². The van der Waals surface area contributed by atoms with Gasteiger partial charge in [-0.3, -0.25) is 4.98 Å². The van der Waals surface area contributed by atoms with Crippen molar-refractivity contribution in [1.82, 2.24) is 15.0 Å². The van der Waals surface area contributed by atoms with Crippen molar-refractivity contribution in [2.24, 2.45) is 0 Å². The number of hydrogen-bond donors (Lipinski definition) is 1. The lowest BCUT2D eigenvalue weighted by Gasteiger charge is -2.13. The van der Waals surface area contributed by atoms with Crippen molar-refractivity contribution in [2.45, 2.75) is 32.2 Å². The van der Waals surface area contributed by atoms with Gasteiger partial charge in [0.25, 0.3) is 0 Å². The third-order valence-corrected chi connectivity index (χ3v) is 6.82. The molecule has 150 valence electrons. The average Bonchev–Trinajstić information content (AvgIpc) is 3.41. The highest BCUT2D eigenvalue weighted by molar-refractivity contribution is 7.19. The second-order valence-corrected chi connectivity index (χ2v) is 8.65. The third kappa shape index (κ3) is 3.06. The van der Waals surface area contributed by atoms with Crippen LogP contribution >= 0.6 is 11.3 Å². The molecule has 0 atom stereocenters. The molecule has 0 amide bonds. The van der Waals surface area contributed by atoms with Gasteiger partial charge in [-0.25, -0.2) is 9.97 Å². The van der Waals surface area contributed by atoms with Gasteiger partial charge in [-0.1, -0.05) is 6.07 Å². The number of aromatic nitrogens is 3. The Kier molecular flexibility index (Phi) is 4.27. The maximum Gasteiger partial charge on any atom is 0.231 e. The van der Waals surface area contributed by atoms with E-state index >= 15 is 0 Å². The molecule has 6 rings (SSSR count). The molecule has 1 aliphatic heterocycles. The minimum absolute atomic E-state index is 0.286. The molecular formula is C23H20N4O2S. The third-order valence-electron chi connectivity index (χ3n) is 5.63. The maximum absolute atomic E-state index is 5.52. The zero-order valence-corrected chi connectivity index (χ0v) is 17.2. The van der Waals surface area contributed by atoms with E-state index in [4.69, 9.17) is 19.4 Å². The van der Waals surface area contributed by atoms with E-state index in [9.17, 15) is 0 Å². The number of benzene rings is 1. The Morgan fingerprint density at radius 2 is 1.97 bits per heavy atom. The summed E-state index contributed by atoms with van der Waals surface area (Å²) in [5.41, 5.74) is 3.47. The van der Waals surface area contributed by atoms with E-state index in [-0.39, 0.29) is 6.79 Å². The minimum atomic E-state index is 0.286. The number of fused-ring (bicyclic) bond motifs is 4. The topological polar surface area (TPSA) is 69.2 Å². The van der Waals surface area contributed by atoms with Crippen molar-refractivity contribution in [3.8, 4) is 22.9 Å². The van der Waals surface area contributed by atoms with E-state index in [1.807, 2.05) is 41.8 Å². The molecule has 4 heterocycles. The first-order valence-corrected chi connectivity index (χ1v) is 11.0. The highest BCUT2D eigenvalue weighted by atomic mass is 32.1. The SMILES string of the molecule is c1cncc(-c2nc(NCc3ccc4c(c3)OCO4)c3c4c(sc3n2)CCCC4)c1. The quantitative estimate of drug-likeness (QED) is 0.506. The van der Waals surface area contributed by atoms with Gasteiger partial charge in [-0.05, 0) is 61.1 Å². The molecule has 7 heteroatoms. The monoisotopic (exact) mass is 416 g/mol. The number of hydrogen-bond acceptors (Lipinski definition) is 7. The molecule has 2 aliphatic rings. The second-order valence-electron chi connectivity index (χ2n) is 7.57. The van der Waals surface area contributed by atoms with E-state index in [0.29, 0.717) is 12.4 Å². The van der Waals surface area contributed by atoms with Crippen molar-refractivity contribution in [1.29, 1.82) is 0 Å². The Morgan fingerprint density at radius 3 is 2.90 bits per heavy atom. The molecule has 1 N–H and O–H groups in total. The van der Waals surface area contributed by atoms with Gasteiger partial charge in [0.05, 0.1) is 5.39 Å². The minimum Gasteiger partial charge on any atom is -0.454 e. The number of anilines is 1. The van der Waals surface area contributed by atoms with Crippen LogP contribution in [0.2, 0.25) is 0 Å². The number of ether oxygens (including phenoxy) is 2. The Balaban J connectivity index is 1.41. The van der Waals surface area contributed by atoms with Crippen LogP contribution in [-0.4, -0.2) is 21.7 Å². The van der Waals surface area contributed by atoms with Gasteiger partial charge < -0.3 is 14.8 Å². The summed E-state index contributed by atoms with van der Waals surface area (Å²) in [5.74, 6) is 3.21. The predicted octanol–water partition coefficient (Wildman–Crippen LogP) is 4.97. The molecule has 3 aromatic heterocycles. The summed E-state index contributed by atoms with van der Waals surface area (Å²) in [6.07, 6.45) is 8.30. The molecule has 0 bridgehead atoms. The summed E-state index contributed by atoms with van der Waals surface area (Å²) >= 11 is 1.81. The van der Waals surface area contributed by atoms with Crippen LogP contribution in [0.25, 0.3) is 21.6 Å². The smallest absolute Gasteiger partial charge is 0.231 e. The Morgan fingerprint density at radius 1 is 1.03 bits per heavy atom. The molecule has 0 radical (unpaired) electrons. The van der Waals surface area contributed by atoms with Crippen molar-refractivity contribution in [3.05, 3.63) is 58.7 Å². The van der Waals surface area contributed by atoms with Gasteiger partial charge in [0.15, 0.2) is 17.3 Å². The number of thiophene rings is 1. The first kappa shape index (κ1) is 17.7. The van der Waals surface area contributed by atoms with Crippen LogP contribution < -0.4 is 14.8 Å². The second kappa shape index (κ2) is 7.25. The van der Waals surface area contributed by atoms with E-state index in [1.54, 1.807) is 6.20 Å². The molecular weight excluding hydrogens is 396 g/mol. The van der Waals surface area contributed by atoms with Crippen molar-refractivity contribution in [3.63, 3.8) is 0 Å². The zero-order chi connectivity index (χ0) is 19.9. The normalized spacial score (nSPS) is 14.7. The van der Waals surface area contributed by atoms with Crippen molar-refractivity contribution >= 4 is 27.4 Å². The fourth-order valence-electron chi connectivity index (χ4n) is 4.15. The largest absolute Gasteiger partial charge is 0.454 e. The summed E-state index contributed by atoms with van der Waals surface area (Å²) in [5, 5.41) is 4.76. The van der Waals surface area contributed by atoms with Crippen LogP contribution in [0, 0.1) is 0 Å². The van der Waals surface area contributed by atoms with Crippen molar-refractivity contribution < 1.29 is 9.47 Å². The number of nitrogens with zero attached hydrogens (tertiary/aromatic N) is 3. The maximum atomic E-state index is 5.52. The Labute approximate surface area is 177 Å². The molecule has 30 heavy (non-hydrogen) atoms. The summed E-state index contributed by atoms with van der Waals surface area (Å²) in [6, 6.07) is 9.97. The van der Waals surface area contributed by atoms with Crippen LogP contribution in [0.1, 0.15) is 28.8 Å². The summed E-state index contributed by atoms with van der Waals surface area (Å²) in [6.45, 7) is 0.939. The van der Waals surface area contributed by atoms with Crippen LogP contribution in [0.15, 0.2) is 42.7 Å². The molecule has 0 saturated carbocycles. The number of rotatable bonds is 4. The lowest BCUT2D eigenvalue weighted by Crippen LogP contribution is -2.05. The Hall–Kier alpha value is -3.19. The number of pyridine rings is 1. The molecule has 0 saturated heterocycles. The fraction of sp³-hybridized carbons (Fsp3) is 0.261. The summed E-state index contributed by atoms with van der Waals surface area (Å²) < 4.78 is 10.9. The lowest BCUT2D eigenvalue weighted by molar-refractivity contribution is 0.174. The standard InChI is InChI=1S/C23H20N4O2S/c1-2-6-19-16(5-1)20-22(25-11-14-7-8-17-18(10-14)29-13-28-17)26-21(27-23(20)30-19)15-4-3-9-24-12-15/h3-4,7-10,12H,1-2,5-6,11,13H2,(H,25,26,27). The van der Waals surface area contributed by atoms with Gasteiger partial charge in [0.1, 0.15) is 10.6 Å². The first-order valence-electron chi connectivity index (χ1n) is 10.2. The highest BCUT2D eigenvalue weighted by Gasteiger charge is 2.22. The molecule has 0 spiro atoms. The molecule has 1 aliphatic carbocycles. The van der Waals surface area contributed by atoms with Gasteiger partial charge in [0, 0.05) is 29.4 Å². The molecule has 0 fully saturated rings. The predicted molar refractivity (Wildman–Crippen MR) is 117 cm³/mol. The van der Waals surface area contributed by atoms with Crippen LogP contribution in [0.5, 0.6) is 11.5 Å². The van der Waals surface area contributed by atoms with E-state index in [2.05, 4.69) is 16.4 Å². The summed E-state index contributed by atoms with van der Waals surface area (Å²) in [7, 11) is 0. The first-order chi connectivity index (χ1) is 14.8. The summed E-state index contributed by atoms with van der Waals surface area (Å²) in [4.78, 5) is 16.6. The Bertz CT molecular complexity index is 1240. The number of nitrogens with one attached hydrogen (secondary N) is 1. The van der Waals surface area contributed by atoms with Crippen molar-refractivity contribution in [2.75, 3.05) is 12.1 Å². The molecule has 4 aromatic rings. The average molecular weight is 417 g/mol. The molecule has 6 nitrogen and oxygen atoms in total. The molecule has 1 aromatic carbocycles. The van der Waals surface area contributed by atoms with E-state index < -0.39 is 0 Å². The van der Waals surface area contributed by atoms with Crippen LogP contribution in [0.3, 0.4) is 0 Å². The van der Waals surface area contributed by atoms with Gasteiger partial charge in [-0.2, -0.15) is 0 Å². The molecule has 0 unspecified atom stereocenters. The highest BCUT2D eigenvalue weighted by Crippen LogP contribution is 2.40. The van der Waals surface area contributed by atoms with Gasteiger partial charge in [0.2, 0.25) is 6.79 Å². The van der Waals surface area contributed by atoms with Gasteiger partial charge >= 0.3 is 0 Å². The van der Waals surface area contributed by atoms with Crippen LogP contribution in [-0.2, 0) is 19.4 Å². The van der Waals surface area contributed by atoms with Crippen LogP contribution in [0.4, 0.5) is 5.82 Å². The van der Waals surface area contributed by atoms with E-state index in [0.717, 1.165) is 46.1 Å². The number of aryl methyl sites for hydroxylation is 2. The lowest BCUT2D eigenvalue weighted by atomic mass is 9.97. The zero-order valence-electron chi connectivity index (χ0n) is 16.4. The fourth-order valence-corrected chi connectivity index (χ4v) is 5.41. The van der Waals surface area contributed by atoms with Gasteiger partial charge in [-0.15, -0.1) is 11.3 Å².